The minimum Gasteiger partial charge on any atom is -0.309 e. The molecule has 0 amide bonds. The second kappa shape index (κ2) is 12.3. The topological polar surface area (TPSA) is 98.8 Å². The molecular weight excluding hydrogens is 715 g/mol. The smallest absolute Gasteiger partial charge is 0.305 e. The quantitative estimate of drug-likeness (QED) is 0.174. The van der Waals surface area contributed by atoms with Gasteiger partial charge in [-0.3, -0.25) is 4.57 Å². The van der Waals surface area contributed by atoms with E-state index in [9.17, 15) is 8.42 Å². The molecule has 0 atom stereocenters. The molecule has 0 unspecified atom stereocenters. The van der Waals surface area contributed by atoms with Gasteiger partial charge in [0.1, 0.15) is 0 Å². The first-order chi connectivity index (χ1) is 27.5. The number of rotatable bonds is 5. The van der Waals surface area contributed by atoms with Gasteiger partial charge < -0.3 is 4.57 Å². The van der Waals surface area contributed by atoms with E-state index in [0.29, 0.717) is 34.1 Å². The van der Waals surface area contributed by atoms with Crippen LogP contribution in [-0.4, -0.2) is 37.5 Å². The zero-order chi connectivity index (χ0) is 37.4. The summed E-state index contributed by atoms with van der Waals surface area (Å²) in [6.45, 7) is 0. The second-order valence-electron chi connectivity index (χ2n) is 13.6. The number of benzene rings is 7. The predicted octanol–water partition coefficient (Wildman–Crippen LogP) is 10.1. The van der Waals surface area contributed by atoms with Crippen LogP contribution in [0.2, 0.25) is 0 Å². The van der Waals surface area contributed by atoms with Crippen LogP contribution in [0.25, 0.3) is 78.1 Å². The van der Waals surface area contributed by atoms with Gasteiger partial charge in [0.25, 0.3) is 5.16 Å². The van der Waals surface area contributed by atoms with Crippen LogP contribution in [0.15, 0.2) is 181 Å². The van der Waals surface area contributed by atoms with Gasteiger partial charge in [-0.05, 0) is 65.7 Å². The van der Waals surface area contributed by atoms with Crippen molar-refractivity contribution in [3.63, 3.8) is 0 Å². The van der Waals surface area contributed by atoms with Crippen molar-refractivity contribution >= 4 is 54.5 Å². The van der Waals surface area contributed by atoms with E-state index in [4.69, 9.17) is 19.9 Å². The predicted molar refractivity (Wildman–Crippen MR) is 221 cm³/mol. The lowest BCUT2D eigenvalue weighted by atomic mass is 10.0. The summed E-state index contributed by atoms with van der Waals surface area (Å²) in [5.74, 6) is 0.691. The maximum atomic E-state index is 14.9. The zero-order valence-electron chi connectivity index (χ0n) is 29.6. The molecule has 0 aliphatic carbocycles. The Morgan fingerprint density at radius 3 is 1.70 bits per heavy atom. The normalized spacial score (nSPS) is 13.2. The molecule has 0 spiro atoms. The van der Waals surface area contributed by atoms with Gasteiger partial charge in [-0.15, -0.1) is 0 Å². The van der Waals surface area contributed by atoms with Crippen LogP contribution in [0.1, 0.15) is 0 Å². The molecule has 0 bridgehead atoms. The van der Waals surface area contributed by atoms with Crippen molar-refractivity contribution in [1.82, 2.24) is 29.1 Å². The molecule has 0 saturated heterocycles. The summed E-state index contributed by atoms with van der Waals surface area (Å²) >= 11 is 0. The molecule has 56 heavy (non-hydrogen) atoms. The van der Waals surface area contributed by atoms with Gasteiger partial charge in [0, 0.05) is 27.6 Å². The van der Waals surface area contributed by atoms with E-state index in [1.165, 1.54) is 4.31 Å². The molecule has 7 aromatic carbocycles. The molecule has 0 radical (unpaired) electrons. The standard InChI is InChI=1S/C46H29N7O2S/c54-56(55)46-47-37-26-24-33(32-25-27-39-36(28-32)35-20-10-11-21-38(35)51(39)34-18-8-3-9-19-34)29-42(37)52(46)40-22-12-13-23-41(40)53(56)45-49-43(30-14-4-1-5-15-30)48-44(50-45)31-16-6-2-7-17-31/h1-29H. The van der Waals surface area contributed by atoms with E-state index in [1.54, 1.807) is 10.6 Å². The van der Waals surface area contributed by atoms with E-state index in [0.717, 1.165) is 49.7 Å². The highest BCUT2D eigenvalue weighted by Gasteiger charge is 2.41. The van der Waals surface area contributed by atoms with Gasteiger partial charge >= 0.3 is 10.0 Å². The average Bonchev–Trinajstić information content (AvgIpc) is 3.81. The molecule has 9 nitrogen and oxygen atoms in total. The Morgan fingerprint density at radius 2 is 0.982 bits per heavy atom. The average molecular weight is 744 g/mol. The Morgan fingerprint density at radius 1 is 0.411 bits per heavy atom. The monoisotopic (exact) mass is 743 g/mol. The number of sulfonamides is 1. The number of nitrogens with zero attached hydrogens (tertiary/aromatic N) is 7. The van der Waals surface area contributed by atoms with Crippen LogP contribution in [0, 0.1) is 0 Å². The highest BCUT2D eigenvalue weighted by atomic mass is 32.2. The molecule has 1 aliphatic heterocycles. The zero-order valence-corrected chi connectivity index (χ0v) is 30.4. The summed E-state index contributed by atoms with van der Waals surface area (Å²) in [6.07, 6.45) is 0. The van der Waals surface area contributed by atoms with Gasteiger partial charge in [0.2, 0.25) is 5.95 Å². The summed E-state index contributed by atoms with van der Waals surface area (Å²) in [5, 5.41) is 2.16. The lowest BCUT2D eigenvalue weighted by molar-refractivity contribution is 0.581. The summed E-state index contributed by atoms with van der Waals surface area (Å²) in [4.78, 5) is 19.1. The van der Waals surface area contributed by atoms with Gasteiger partial charge in [-0.1, -0.05) is 121 Å². The van der Waals surface area contributed by atoms with Crippen molar-refractivity contribution in [2.75, 3.05) is 4.31 Å². The summed E-state index contributed by atoms with van der Waals surface area (Å²) in [6, 6.07) is 57.6. The van der Waals surface area contributed by atoms with E-state index in [1.807, 2.05) is 103 Å². The lowest BCUT2D eigenvalue weighted by Crippen LogP contribution is -2.34. The summed E-state index contributed by atoms with van der Waals surface area (Å²) < 4.78 is 35.1. The summed E-state index contributed by atoms with van der Waals surface area (Å²) in [5.41, 5.74) is 9.01. The van der Waals surface area contributed by atoms with Crippen molar-refractivity contribution in [3.8, 4) is 45.3 Å². The van der Waals surface area contributed by atoms with Crippen LogP contribution in [0.4, 0.5) is 11.6 Å². The minimum absolute atomic E-state index is 0.0212. The second-order valence-corrected chi connectivity index (χ2v) is 15.3. The first-order valence-corrected chi connectivity index (χ1v) is 19.6. The van der Waals surface area contributed by atoms with E-state index in [-0.39, 0.29) is 11.1 Å². The molecular formula is C46H29N7O2S. The fourth-order valence-electron chi connectivity index (χ4n) is 7.79. The van der Waals surface area contributed by atoms with Crippen molar-refractivity contribution in [3.05, 3.63) is 176 Å². The molecule has 0 fully saturated rings. The molecule has 0 N–H and O–H groups in total. The van der Waals surface area contributed by atoms with Crippen molar-refractivity contribution in [2.24, 2.45) is 0 Å². The van der Waals surface area contributed by atoms with Gasteiger partial charge in [0.05, 0.1) is 33.4 Å². The van der Waals surface area contributed by atoms with Crippen LogP contribution in [0.3, 0.4) is 0 Å². The van der Waals surface area contributed by atoms with Crippen LogP contribution in [0.5, 0.6) is 0 Å². The Kier molecular flexibility index (Phi) is 7.04. The Labute approximate surface area is 321 Å². The molecule has 11 rings (SSSR count). The molecule has 0 saturated carbocycles. The van der Waals surface area contributed by atoms with Crippen molar-refractivity contribution in [1.29, 1.82) is 0 Å². The number of imidazole rings is 1. The van der Waals surface area contributed by atoms with E-state index in [2.05, 4.69) is 71.3 Å². The number of fused-ring (bicyclic) bond motifs is 8. The fraction of sp³-hybridized carbons (Fsp3) is 0. The summed E-state index contributed by atoms with van der Waals surface area (Å²) in [7, 11) is -4.33. The SMILES string of the molecule is O=S1(=O)c2nc3ccc(-c4ccc5c(c4)c4ccccc4n5-c4ccccc4)cc3n2-c2ccccc2N1c1nc(-c2ccccc2)nc(-c2ccccc2)n1. The van der Waals surface area contributed by atoms with Crippen LogP contribution in [-0.2, 0) is 10.0 Å². The third-order valence-corrected chi connectivity index (χ3v) is 11.9. The Hall–Kier alpha value is -7.43. The molecule has 266 valence electrons. The highest BCUT2D eigenvalue weighted by Crippen LogP contribution is 2.43. The van der Waals surface area contributed by atoms with Gasteiger partial charge in [-0.25, -0.2) is 9.97 Å². The van der Waals surface area contributed by atoms with Crippen molar-refractivity contribution in [2.45, 2.75) is 5.16 Å². The Bertz CT molecular complexity index is 3210. The van der Waals surface area contributed by atoms with E-state index < -0.39 is 10.0 Å². The highest BCUT2D eigenvalue weighted by molar-refractivity contribution is 7.93. The number of hydrogen-bond acceptors (Lipinski definition) is 6. The molecule has 4 heterocycles. The number of aromatic nitrogens is 6. The lowest BCUT2D eigenvalue weighted by Gasteiger charge is -2.29. The van der Waals surface area contributed by atoms with Gasteiger partial charge in [0.15, 0.2) is 11.6 Å². The maximum Gasteiger partial charge on any atom is 0.305 e. The molecule has 3 aromatic heterocycles. The molecule has 10 heteroatoms. The largest absolute Gasteiger partial charge is 0.309 e. The molecule has 1 aliphatic rings. The van der Waals surface area contributed by atoms with E-state index >= 15 is 0 Å². The number of hydrogen-bond donors (Lipinski definition) is 0. The van der Waals surface area contributed by atoms with Crippen LogP contribution < -0.4 is 4.31 Å². The first kappa shape index (κ1) is 32.0. The maximum absolute atomic E-state index is 14.9. The minimum atomic E-state index is -4.33. The Balaban J connectivity index is 1.08. The first-order valence-electron chi connectivity index (χ1n) is 18.2. The van der Waals surface area contributed by atoms with Gasteiger partial charge in [-0.2, -0.15) is 22.7 Å². The third kappa shape index (κ3) is 4.89. The number of para-hydroxylation sites is 4. The number of anilines is 2. The van der Waals surface area contributed by atoms with Crippen molar-refractivity contribution < 1.29 is 8.42 Å². The van der Waals surface area contributed by atoms with Crippen LogP contribution >= 0.6 is 0 Å². The fourth-order valence-corrected chi connectivity index (χ4v) is 9.30. The molecule has 10 aromatic rings. The third-order valence-electron chi connectivity index (χ3n) is 10.3.